The van der Waals surface area contributed by atoms with Crippen molar-refractivity contribution in [3.05, 3.63) is 59.7 Å². The van der Waals surface area contributed by atoms with Crippen LogP contribution in [0.4, 0.5) is 5.69 Å². The van der Waals surface area contributed by atoms with E-state index in [0.717, 1.165) is 37.2 Å². The Morgan fingerprint density at radius 1 is 1.04 bits per heavy atom. The highest BCUT2D eigenvalue weighted by Crippen LogP contribution is 2.52. The van der Waals surface area contributed by atoms with Gasteiger partial charge in [0.2, 0.25) is 0 Å². The van der Waals surface area contributed by atoms with E-state index in [1.807, 2.05) is 12.1 Å². The van der Waals surface area contributed by atoms with E-state index in [0.29, 0.717) is 17.4 Å². The van der Waals surface area contributed by atoms with E-state index in [1.54, 1.807) is 28.6 Å². The van der Waals surface area contributed by atoms with Crippen LogP contribution in [0.2, 0.25) is 0 Å². The third kappa shape index (κ3) is 3.35. The highest BCUT2D eigenvalue weighted by molar-refractivity contribution is 7.92. The van der Waals surface area contributed by atoms with Gasteiger partial charge >= 0.3 is 0 Å². The highest BCUT2D eigenvalue weighted by atomic mass is 32.2. The maximum atomic E-state index is 13.0. The molecule has 0 amide bonds. The van der Waals surface area contributed by atoms with Crippen molar-refractivity contribution in [1.29, 1.82) is 0 Å². The second-order valence-corrected chi connectivity index (χ2v) is 10.3. The van der Waals surface area contributed by atoms with Crippen molar-refractivity contribution in [3.63, 3.8) is 0 Å². The van der Waals surface area contributed by atoms with Crippen LogP contribution in [-0.2, 0) is 21.2 Å². The van der Waals surface area contributed by atoms with Gasteiger partial charge in [0, 0.05) is 19.8 Å². The Bertz CT molecular complexity index is 951. The van der Waals surface area contributed by atoms with Gasteiger partial charge in [-0.05, 0) is 79.2 Å². The van der Waals surface area contributed by atoms with E-state index in [-0.39, 0.29) is 0 Å². The summed E-state index contributed by atoms with van der Waals surface area (Å²) < 4.78 is 33.1. The van der Waals surface area contributed by atoms with E-state index in [2.05, 4.69) is 12.1 Å². The zero-order chi connectivity index (χ0) is 19.1. The van der Waals surface area contributed by atoms with Crippen LogP contribution in [0.25, 0.3) is 0 Å². The molecule has 148 valence electrons. The van der Waals surface area contributed by atoms with Crippen molar-refractivity contribution >= 4 is 15.7 Å². The molecule has 28 heavy (non-hydrogen) atoms. The number of anilines is 1. The summed E-state index contributed by atoms with van der Waals surface area (Å²) >= 11 is 0. The minimum absolute atomic E-state index is 0.366. The van der Waals surface area contributed by atoms with E-state index in [9.17, 15) is 8.42 Å². The van der Waals surface area contributed by atoms with E-state index in [1.165, 1.54) is 36.8 Å². The zero-order valence-corrected chi connectivity index (χ0v) is 16.9. The fourth-order valence-electron chi connectivity index (χ4n) is 4.92. The quantitative estimate of drug-likeness (QED) is 0.753. The molecular formula is C23H27NO3S. The maximum absolute atomic E-state index is 13.0. The summed E-state index contributed by atoms with van der Waals surface area (Å²) in [4.78, 5) is 0.366. The fourth-order valence-corrected chi connectivity index (χ4v) is 6.44. The number of hydrogen-bond acceptors (Lipinski definition) is 3. The summed E-state index contributed by atoms with van der Waals surface area (Å²) in [6, 6.07) is 15.2. The number of rotatable bonds is 5. The Kier molecular flexibility index (Phi) is 4.68. The first-order valence-electron chi connectivity index (χ1n) is 10.4. The topological polar surface area (TPSA) is 46.6 Å². The second-order valence-electron chi connectivity index (χ2n) is 8.42. The summed E-state index contributed by atoms with van der Waals surface area (Å²) in [7, 11) is -3.48. The Balaban J connectivity index is 1.31. The Labute approximate surface area is 167 Å². The van der Waals surface area contributed by atoms with Gasteiger partial charge in [-0.3, -0.25) is 4.31 Å². The molecule has 0 spiro atoms. The number of nitrogens with zero attached hydrogens (tertiary/aromatic N) is 1. The molecule has 0 N–H and O–H groups in total. The molecular weight excluding hydrogens is 370 g/mol. The van der Waals surface area contributed by atoms with Gasteiger partial charge in [0.1, 0.15) is 0 Å². The van der Waals surface area contributed by atoms with Crippen molar-refractivity contribution in [2.24, 2.45) is 11.8 Å². The molecule has 2 aromatic carbocycles. The number of ether oxygens (including phenoxy) is 1. The van der Waals surface area contributed by atoms with Crippen LogP contribution in [-0.4, -0.2) is 28.2 Å². The summed E-state index contributed by atoms with van der Waals surface area (Å²) in [5, 5.41) is 0. The Hall–Kier alpha value is -1.85. The molecule has 2 aliphatic heterocycles. The third-order valence-corrected chi connectivity index (χ3v) is 8.44. The first-order chi connectivity index (χ1) is 13.6. The molecule has 1 saturated carbocycles. The number of benzene rings is 2. The van der Waals surface area contributed by atoms with Gasteiger partial charge < -0.3 is 4.74 Å². The largest absolute Gasteiger partial charge is 0.381 e. The van der Waals surface area contributed by atoms with Crippen LogP contribution < -0.4 is 4.31 Å². The molecule has 4 nitrogen and oxygen atoms in total. The fraction of sp³-hybridized carbons (Fsp3) is 0.478. The molecule has 1 saturated heterocycles. The minimum atomic E-state index is -3.48. The van der Waals surface area contributed by atoms with Gasteiger partial charge in [-0.15, -0.1) is 0 Å². The summed E-state index contributed by atoms with van der Waals surface area (Å²) in [6.45, 7) is 2.38. The van der Waals surface area contributed by atoms with Crippen LogP contribution >= 0.6 is 0 Å². The van der Waals surface area contributed by atoms with E-state index >= 15 is 0 Å². The molecule has 2 fully saturated rings. The SMILES string of the molecule is O=S(=O)(c1ccccc1)N1CCc2cc(C3CC3CC3CCOCC3)ccc21. The van der Waals surface area contributed by atoms with Gasteiger partial charge in [0.15, 0.2) is 0 Å². The zero-order valence-electron chi connectivity index (χ0n) is 16.1. The molecule has 2 unspecified atom stereocenters. The predicted molar refractivity (Wildman–Crippen MR) is 110 cm³/mol. The number of hydrogen-bond donors (Lipinski definition) is 0. The lowest BCUT2D eigenvalue weighted by Crippen LogP contribution is -2.29. The maximum Gasteiger partial charge on any atom is 0.264 e. The third-order valence-electron chi connectivity index (χ3n) is 6.62. The molecule has 1 aliphatic carbocycles. The summed E-state index contributed by atoms with van der Waals surface area (Å²) in [5.74, 6) is 2.28. The molecule has 2 aromatic rings. The molecule has 5 rings (SSSR count). The van der Waals surface area contributed by atoms with Crippen molar-refractivity contribution in [2.45, 2.75) is 42.9 Å². The van der Waals surface area contributed by atoms with E-state index < -0.39 is 10.0 Å². The monoisotopic (exact) mass is 397 g/mol. The number of sulfonamides is 1. The average molecular weight is 398 g/mol. The van der Waals surface area contributed by atoms with Crippen molar-refractivity contribution in [2.75, 3.05) is 24.1 Å². The van der Waals surface area contributed by atoms with Gasteiger partial charge in [-0.25, -0.2) is 8.42 Å². The standard InChI is InChI=1S/C23H27NO3S/c25-28(26,21-4-2-1-3-5-21)24-11-8-19-15-18(6-7-23(19)24)22-16-20(22)14-17-9-12-27-13-10-17/h1-7,15,17,20,22H,8-14,16H2. The lowest BCUT2D eigenvalue weighted by atomic mass is 9.92. The molecule has 5 heteroatoms. The van der Waals surface area contributed by atoms with Crippen molar-refractivity contribution in [1.82, 2.24) is 0 Å². The molecule has 2 heterocycles. The Morgan fingerprint density at radius 2 is 1.82 bits per heavy atom. The highest BCUT2D eigenvalue weighted by Gasteiger charge is 2.40. The first-order valence-corrected chi connectivity index (χ1v) is 11.9. The Morgan fingerprint density at radius 3 is 2.61 bits per heavy atom. The van der Waals surface area contributed by atoms with Gasteiger partial charge in [-0.1, -0.05) is 30.3 Å². The lowest BCUT2D eigenvalue weighted by Gasteiger charge is -2.22. The van der Waals surface area contributed by atoms with Gasteiger partial charge in [-0.2, -0.15) is 0 Å². The smallest absolute Gasteiger partial charge is 0.264 e. The predicted octanol–water partition coefficient (Wildman–Crippen LogP) is 4.36. The molecule has 0 bridgehead atoms. The minimum Gasteiger partial charge on any atom is -0.381 e. The lowest BCUT2D eigenvalue weighted by molar-refractivity contribution is 0.0621. The molecule has 2 atom stereocenters. The molecule has 0 aromatic heterocycles. The second kappa shape index (κ2) is 7.20. The average Bonchev–Trinajstić information content (AvgIpc) is 3.35. The van der Waals surface area contributed by atoms with Gasteiger partial charge in [0.25, 0.3) is 10.0 Å². The van der Waals surface area contributed by atoms with Crippen LogP contribution in [0.3, 0.4) is 0 Å². The van der Waals surface area contributed by atoms with Crippen LogP contribution in [0.1, 0.15) is 42.7 Å². The van der Waals surface area contributed by atoms with Crippen LogP contribution in [0.15, 0.2) is 53.4 Å². The summed E-state index contributed by atoms with van der Waals surface area (Å²) in [6.07, 6.45) is 5.81. The van der Waals surface area contributed by atoms with Gasteiger partial charge in [0.05, 0.1) is 10.6 Å². The van der Waals surface area contributed by atoms with Crippen molar-refractivity contribution < 1.29 is 13.2 Å². The normalized spacial score (nSPS) is 24.9. The summed E-state index contributed by atoms with van der Waals surface area (Å²) in [5.41, 5.74) is 3.43. The first kappa shape index (κ1) is 18.2. The molecule has 3 aliphatic rings. The molecule has 0 radical (unpaired) electrons. The number of fused-ring (bicyclic) bond motifs is 1. The van der Waals surface area contributed by atoms with Crippen LogP contribution in [0.5, 0.6) is 0 Å². The van der Waals surface area contributed by atoms with E-state index in [4.69, 9.17) is 4.74 Å². The van der Waals surface area contributed by atoms with Crippen LogP contribution in [0, 0.1) is 11.8 Å². The van der Waals surface area contributed by atoms with Crippen molar-refractivity contribution in [3.8, 4) is 0 Å².